The summed E-state index contributed by atoms with van der Waals surface area (Å²) in [7, 11) is 1.36. The Kier molecular flexibility index (Phi) is 9.74. The standard InChI is InChI=1S/C27H33ClN4O7/c1-27(2,3)39-21(33)11-10-19(25(35)31-12-14-32(15-13-31)26(36)37)30-24(34)22-23(38-4)18(28)16-20(29-22)17-8-6-5-7-9-17/h5-9,16,19H,10-15H2,1-4H3,(H,30,34)(H,36,37)/t19-/m0/s1. The molecular formula is C27H33ClN4O7. The van der Waals surface area contributed by atoms with Crippen LogP contribution in [0.5, 0.6) is 5.75 Å². The Labute approximate surface area is 232 Å². The van der Waals surface area contributed by atoms with Crippen molar-refractivity contribution < 1.29 is 33.8 Å². The molecule has 3 rings (SSSR count). The van der Waals surface area contributed by atoms with Crippen LogP contribution in [0.25, 0.3) is 11.3 Å². The first-order valence-corrected chi connectivity index (χ1v) is 12.9. The first kappa shape index (κ1) is 29.7. The minimum absolute atomic E-state index is 0.0347. The molecule has 0 bridgehead atoms. The van der Waals surface area contributed by atoms with E-state index in [-0.39, 0.29) is 55.5 Å². The zero-order valence-corrected chi connectivity index (χ0v) is 23.2. The Hall–Kier alpha value is -3.86. The molecule has 2 N–H and O–H groups in total. The third-order valence-electron chi connectivity index (χ3n) is 5.94. The highest BCUT2D eigenvalue weighted by molar-refractivity contribution is 6.33. The maximum absolute atomic E-state index is 13.5. The van der Waals surface area contributed by atoms with Crippen LogP contribution in [0.3, 0.4) is 0 Å². The number of methoxy groups -OCH3 is 1. The number of nitrogens with one attached hydrogen (secondary N) is 1. The summed E-state index contributed by atoms with van der Waals surface area (Å²) in [5, 5.41) is 12.1. The van der Waals surface area contributed by atoms with Gasteiger partial charge in [-0.25, -0.2) is 9.78 Å². The van der Waals surface area contributed by atoms with E-state index in [0.29, 0.717) is 5.69 Å². The molecular weight excluding hydrogens is 528 g/mol. The Balaban J connectivity index is 1.86. The van der Waals surface area contributed by atoms with E-state index in [4.69, 9.17) is 21.1 Å². The second kappa shape index (κ2) is 12.8. The van der Waals surface area contributed by atoms with Gasteiger partial charge < -0.3 is 29.7 Å². The lowest BCUT2D eigenvalue weighted by molar-refractivity contribution is -0.155. The van der Waals surface area contributed by atoms with Gasteiger partial charge in [-0.1, -0.05) is 41.9 Å². The minimum Gasteiger partial charge on any atom is -0.493 e. The Bertz CT molecular complexity index is 1210. The summed E-state index contributed by atoms with van der Waals surface area (Å²) >= 11 is 6.42. The number of benzene rings is 1. The lowest BCUT2D eigenvalue weighted by Crippen LogP contribution is -2.55. The maximum atomic E-state index is 13.5. The van der Waals surface area contributed by atoms with Gasteiger partial charge >= 0.3 is 12.1 Å². The first-order chi connectivity index (χ1) is 18.4. The predicted octanol–water partition coefficient (Wildman–Crippen LogP) is 3.45. The van der Waals surface area contributed by atoms with Gasteiger partial charge in [-0.15, -0.1) is 0 Å². The summed E-state index contributed by atoms with van der Waals surface area (Å²) in [5.74, 6) is -1.63. The van der Waals surface area contributed by atoms with Gasteiger partial charge in [-0.2, -0.15) is 0 Å². The minimum atomic E-state index is -1.10. The van der Waals surface area contributed by atoms with Crippen LogP contribution in [-0.4, -0.2) is 88.7 Å². The number of carboxylic acid groups (broad SMARTS) is 1. The van der Waals surface area contributed by atoms with E-state index in [0.717, 1.165) is 5.56 Å². The van der Waals surface area contributed by atoms with Crippen LogP contribution < -0.4 is 10.1 Å². The van der Waals surface area contributed by atoms with Crippen molar-refractivity contribution in [1.82, 2.24) is 20.1 Å². The second-order valence-electron chi connectivity index (χ2n) is 9.98. The number of ether oxygens (including phenoxy) is 2. The predicted molar refractivity (Wildman–Crippen MR) is 144 cm³/mol. The Morgan fingerprint density at radius 1 is 1.08 bits per heavy atom. The molecule has 1 aromatic heterocycles. The van der Waals surface area contributed by atoms with Crippen LogP contribution in [0.15, 0.2) is 36.4 Å². The van der Waals surface area contributed by atoms with Gasteiger partial charge in [0.2, 0.25) is 5.91 Å². The third-order valence-corrected chi connectivity index (χ3v) is 6.22. The maximum Gasteiger partial charge on any atom is 0.407 e. The van der Waals surface area contributed by atoms with Gasteiger partial charge in [0.15, 0.2) is 11.4 Å². The van der Waals surface area contributed by atoms with Crippen molar-refractivity contribution in [3.8, 4) is 17.0 Å². The number of hydrogen-bond donors (Lipinski definition) is 2. The Morgan fingerprint density at radius 2 is 1.69 bits per heavy atom. The molecule has 0 saturated carbocycles. The van der Waals surface area contributed by atoms with E-state index in [9.17, 15) is 24.3 Å². The lowest BCUT2D eigenvalue weighted by Gasteiger charge is -2.35. The molecule has 1 aliphatic heterocycles. The molecule has 12 heteroatoms. The monoisotopic (exact) mass is 560 g/mol. The van der Waals surface area contributed by atoms with Crippen molar-refractivity contribution in [2.24, 2.45) is 0 Å². The fourth-order valence-corrected chi connectivity index (χ4v) is 4.35. The van der Waals surface area contributed by atoms with Crippen molar-refractivity contribution in [3.05, 3.63) is 47.1 Å². The summed E-state index contributed by atoms with van der Waals surface area (Å²) in [5.41, 5.74) is 0.339. The van der Waals surface area contributed by atoms with Crippen LogP contribution >= 0.6 is 11.6 Å². The average Bonchev–Trinajstić information content (AvgIpc) is 2.89. The van der Waals surface area contributed by atoms with E-state index < -0.39 is 35.5 Å². The van der Waals surface area contributed by atoms with Gasteiger partial charge in [-0.05, 0) is 33.3 Å². The fourth-order valence-electron chi connectivity index (χ4n) is 4.08. The molecule has 210 valence electrons. The number of aromatic nitrogens is 1. The number of nitrogens with zero attached hydrogens (tertiary/aromatic N) is 3. The van der Waals surface area contributed by atoms with Crippen LogP contribution in [0, 0.1) is 0 Å². The number of amides is 3. The highest BCUT2D eigenvalue weighted by atomic mass is 35.5. The molecule has 1 aromatic carbocycles. The summed E-state index contributed by atoms with van der Waals surface area (Å²) < 4.78 is 10.7. The van der Waals surface area contributed by atoms with Gasteiger partial charge in [0.05, 0.1) is 17.8 Å². The van der Waals surface area contributed by atoms with Crippen molar-refractivity contribution >= 4 is 35.5 Å². The summed E-state index contributed by atoms with van der Waals surface area (Å²) in [6.07, 6.45) is -1.23. The quantitative estimate of drug-likeness (QED) is 0.468. The van der Waals surface area contributed by atoms with E-state index >= 15 is 0 Å². The van der Waals surface area contributed by atoms with Crippen molar-refractivity contribution in [3.63, 3.8) is 0 Å². The van der Waals surface area contributed by atoms with Crippen molar-refractivity contribution in [2.45, 2.75) is 45.3 Å². The van der Waals surface area contributed by atoms with Crippen molar-refractivity contribution in [1.29, 1.82) is 0 Å². The molecule has 2 aromatic rings. The highest BCUT2D eigenvalue weighted by Crippen LogP contribution is 2.32. The number of halogens is 1. The number of carbonyl (C=O) groups is 4. The second-order valence-corrected chi connectivity index (χ2v) is 10.4. The molecule has 2 heterocycles. The van der Waals surface area contributed by atoms with E-state index in [1.807, 2.05) is 30.3 Å². The molecule has 0 unspecified atom stereocenters. The van der Waals surface area contributed by atoms with Gasteiger partial charge in [0.25, 0.3) is 5.91 Å². The third kappa shape index (κ3) is 8.06. The molecule has 3 amide bonds. The molecule has 1 atom stereocenters. The van der Waals surface area contributed by atoms with Crippen LogP contribution in [0.1, 0.15) is 44.1 Å². The number of rotatable bonds is 8. The molecule has 1 aliphatic rings. The highest BCUT2D eigenvalue weighted by Gasteiger charge is 2.32. The Morgan fingerprint density at radius 3 is 2.26 bits per heavy atom. The lowest BCUT2D eigenvalue weighted by atomic mass is 10.1. The summed E-state index contributed by atoms with van der Waals surface area (Å²) in [6, 6.07) is 9.60. The van der Waals surface area contributed by atoms with Crippen LogP contribution in [0.2, 0.25) is 5.02 Å². The molecule has 1 saturated heterocycles. The van der Waals surface area contributed by atoms with Crippen molar-refractivity contribution in [2.75, 3.05) is 33.3 Å². The molecule has 1 fully saturated rings. The van der Waals surface area contributed by atoms with Crippen LogP contribution in [0.4, 0.5) is 4.79 Å². The number of esters is 1. The van der Waals surface area contributed by atoms with Gasteiger partial charge in [0.1, 0.15) is 11.6 Å². The zero-order chi connectivity index (χ0) is 28.7. The molecule has 0 spiro atoms. The normalized spacial score (nSPS) is 14.4. The van der Waals surface area contributed by atoms with E-state index in [1.165, 1.54) is 16.9 Å². The smallest absolute Gasteiger partial charge is 0.407 e. The SMILES string of the molecule is COc1c(Cl)cc(-c2ccccc2)nc1C(=O)N[C@@H](CCC(=O)OC(C)(C)C)C(=O)N1CCN(C(=O)O)CC1. The van der Waals surface area contributed by atoms with E-state index in [1.54, 1.807) is 26.8 Å². The van der Waals surface area contributed by atoms with Crippen LogP contribution in [-0.2, 0) is 14.3 Å². The number of pyridine rings is 1. The molecule has 39 heavy (non-hydrogen) atoms. The topological polar surface area (TPSA) is 138 Å². The van der Waals surface area contributed by atoms with E-state index in [2.05, 4.69) is 10.3 Å². The zero-order valence-electron chi connectivity index (χ0n) is 22.4. The average molecular weight is 561 g/mol. The van der Waals surface area contributed by atoms with Gasteiger partial charge in [0, 0.05) is 38.2 Å². The summed E-state index contributed by atoms with van der Waals surface area (Å²) in [6.45, 7) is 5.79. The first-order valence-electron chi connectivity index (χ1n) is 12.5. The largest absolute Gasteiger partial charge is 0.493 e. The number of carbonyl (C=O) groups excluding carboxylic acids is 3. The fraction of sp³-hybridized carbons (Fsp3) is 0.444. The molecule has 0 radical (unpaired) electrons. The number of piperazine rings is 1. The molecule has 11 nitrogen and oxygen atoms in total. The number of hydrogen-bond acceptors (Lipinski definition) is 7. The molecule has 0 aliphatic carbocycles. The summed E-state index contributed by atoms with van der Waals surface area (Å²) in [4.78, 5) is 57.8. The van der Waals surface area contributed by atoms with Gasteiger partial charge in [-0.3, -0.25) is 14.4 Å².